The monoisotopic (exact) mass is 490 g/mol. The lowest BCUT2D eigenvalue weighted by molar-refractivity contribution is -0.137. The molecule has 0 saturated carbocycles. The van der Waals surface area contributed by atoms with E-state index >= 15 is 0 Å². The van der Waals surface area contributed by atoms with Gasteiger partial charge in [0.15, 0.2) is 21.5 Å². The van der Waals surface area contributed by atoms with E-state index in [-0.39, 0.29) is 44.0 Å². The number of aromatic nitrogens is 5. The number of nitrogen functional groups attached to an aromatic ring is 1. The smallest absolute Gasteiger partial charge is 0.397 e. The first-order valence-electron chi connectivity index (χ1n) is 8.08. The number of nitrogens with two attached hydrogens (primary N) is 1. The van der Waals surface area contributed by atoms with Crippen LogP contribution in [0.5, 0.6) is 0 Å². The van der Waals surface area contributed by atoms with E-state index in [1.54, 1.807) is 0 Å². The predicted octanol–water partition coefficient (Wildman–Crippen LogP) is 3.10. The highest BCUT2D eigenvalue weighted by Crippen LogP contribution is 2.33. The molecule has 0 spiro atoms. The normalized spacial score (nSPS) is 12.3. The maximum absolute atomic E-state index is 13.0. The molecule has 29 heavy (non-hydrogen) atoms. The summed E-state index contributed by atoms with van der Waals surface area (Å²) in [6.07, 6.45) is -3.54. The zero-order valence-electron chi connectivity index (χ0n) is 15.1. The largest absolute Gasteiger partial charge is 0.416 e. The predicted molar refractivity (Wildman–Crippen MR) is 102 cm³/mol. The van der Waals surface area contributed by atoms with Gasteiger partial charge < -0.3 is 10.3 Å². The van der Waals surface area contributed by atoms with Crippen LogP contribution < -0.4 is 5.73 Å². The van der Waals surface area contributed by atoms with Crippen molar-refractivity contribution in [1.82, 2.24) is 24.7 Å². The molecule has 0 fully saturated rings. The van der Waals surface area contributed by atoms with E-state index in [4.69, 9.17) is 5.73 Å². The van der Waals surface area contributed by atoms with Crippen molar-refractivity contribution in [3.8, 4) is 23.0 Å². The number of hydrogen-bond donors (Lipinski definition) is 1. The molecule has 0 aliphatic rings. The molecule has 3 rings (SSSR count). The van der Waals surface area contributed by atoms with Crippen molar-refractivity contribution in [3.05, 3.63) is 34.6 Å². The minimum Gasteiger partial charge on any atom is -0.397 e. The molecule has 0 atom stereocenters. The number of halogens is 4. The molecule has 3 heterocycles. The standard InChI is InChI=1S/C16H14BrF3N6O2S/c1-3-29(27,28)11-7-9(21)13(17)23-12(11)15-25-24-14(26(15)2)10-6-8(4-5-22-10)16(18,19)20/h4-7H,3,21H2,1-2H3. The lowest BCUT2D eigenvalue weighted by Gasteiger charge is -2.11. The summed E-state index contributed by atoms with van der Waals surface area (Å²) in [7, 11) is -2.25. The minimum atomic E-state index is -4.55. The fourth-order valence-electron chi connectivity index (χ4n) is 2.53. The fraction of sp³-hybridized carbons (Fsp3) is 0.250. The molecule has 8 nitrogen and oxygen atoms in total. The van der Waals surface area contributed by atoms with Crippen LogP contribution in [-0.4, -0.2) is 38.9 Å². The molecule has 13 heteroatoms. The van der Waals surface area contributed by atoms with E-state index in [9.17, 15) is 21.6 Å². The van der Waals surface area contributed by atoms with Crippen LogP contribution in [-0.2, 0) is 23.1 Å². The molecule has 3 aromatic heterocycles. The molecule has 0 aliphatic heterocycles. The van der Waals surface area contributed by atoms with E-state index < -0.39 is 21.6 Å². The third-order valence-corrected chi connectivity index (χ3v) is 6.46. The number of pyridine rings is 2. The second-order valence-corrected chi connectivity index (χ2v) is 8.95. The van der Waals surface area contributed by atoms with E-state index in [0.29, 0.717) is 0 Å². The van der Waals surface area contributed by atoms with E-state index in [1.807, 2.05) is 0 Å². The highest BCUT2D eigenvalue weighted by atomic mass is 79.9. The summed E-state index contributed by atoms with van der Waals surface area (Å²) in [6.45, 7) is 1.46. The van der Waals surface area contributed by atoms with Crippen LogP contribution >= 0.6 is 15.9 Å². The van der Waals surface area contributed by atoms with E-state index in [0.717, 1.165) is 18.3 Å². The van der Waals surface area contributed by atoms with Crippen molar-refractivity contribution in [1.29, 1.82) is 0 Å². The molecular formula is C16H14BrF3N6O2S. The van der Waals surface area contributed by atoms with Gasteiger partial charge in [-0.2, -0.15) is 13.2 Å². The van der Waals surface area contributed by atoms with Crippen LogP contribution in [0.15, 0.2) is 33.9 Å². The fourth-order valence-corrected chi connectivity index (χ4v) is 3.87. The topological polar surface area (TPSA) is 117 Å². The van der Waals surface area contributed by atoms with Crippen LogP contribution in [0.4, 0.5) is 18.9 Å². The Bertz CT molecular complexity index is 1190. The maximum Gasteiger partial charge on any atom is 0.416 e. The Balaban J connectivity index is 2.21. The van der Waals surface area contributed by atoms with Gasteiger partial charge in [-0.15, -0.1) is 10.2 Å². The number of nitrogens with zero attached hydrogens (tertiary/aromatic N) is 5. The average Bonchev–Trinajstić information content (AvgIpc) is 3.04. The highest BCUT2D eigenvalue weighted by molar-refractivity contribution is 9.10. The summed E-state index contributed by atoms with van der Waals surface area (Å²) in [5, 5.41) is 7.82. The zero-order valence-corrected chi connectivity index (χ0v) is 17.5. The first kappa shape index (κ1) is 21.2. The molecule has 0 saturated heterocycles. The van der Waals surface area contributed by atoms with E-state index in [1.165, 1.54) is 24.6 Å². The zero-order chi connectivity index (χ0) is 21.6. The molecule has 3 aromatic rings. The molecule has 0 amide bonds. The Morgan fingerprint density at radius 1 is 1.21 bits per heavy atom. The molecule has 0 radical (unpaired) electrons. The summed E-state index contributed by atoms with van der Waals surface area (Å²) >= 11 is 3.15. The van der Waals surface area contributed by atoms with Gasteiger partial charge in [0.1, 0.15) is 16.0 Å². The third-order valence-electron chi connectivity index (χ3n) is 4.09. The van der Waals surface area contributed by atoms with Crippen LogP contribution in [0.1, 0.15) is 12.5 Å². The maximum atomic E-state index is 13.0. The summed E-state index contributed by atoms with van der Waals surface area (Å²) in [6, 6.07) is 2.93. The van der Waals surface area contributed by atoms with Crippen LogP contribution in [0, 0.1) is 0 Å². The van der Waals surface area contributed by atoms with Crippen molar-refractivity contribution in [2.75, 3.05) is 11.5 Å². The Kier molecular flexibility index (Phi) is 5.38. The Morgan fingerprint density at radius 2 is 1.86 bits per heavy atom. The highest BCUT2D eigenvalue weighted by Gasteiger charge is 2.31. The van der Waals surface area contributed by atoms with Crippen molar-refractivity contribution < 1.29 is 21.6 Å². The van der Waals surface area contributed by atoms with Crippen LogP contribution in [0.3, 0.4) is 0 Å². The van der Waals surface area contributed by atoms with Gasteiger partial charge in [-0.3, -0.25) is 4.98 Å². The number of rotatable bonds is 4. The van der Waals surface area contributed by atoms with Crippen LogP contribution in [0.2, 0.25) is 0 Å². The van der Waals surface area contributed by atoms with Crippen molar-refractivity contribution >= 4 is 31.5 Å². The van der Waals surface area contributed by atoms with Crippen molar-refractivity contribution in [2.45, 2.75) is 18.0 Å². The molecule has 2 N–H and O–H groups in total. The van der Waals surface area contributed by atoms with Gasteiger partial charge in [0, 0.05) is 13.2 Å². The van der Waals surface area contributed by atoms with Crippen molar-refractivity contribution in [3.63, 3.8) is 0 Å². The molecule has 0 unspecified atom stereocenters. The van der Waals surface area contributed by atoms with Gasteiger partial charge in [0.25, 0.3) is 0 Å². The average molecular weight is 491 g/mol. The lowest BCUT2D eigenvalue weighted by Crippen LogP contribution is -2.10. The molecular weight excluding hydrogens is 477 g/mol. The SMILES string of the molecule is CCS(=O)(=O)c1cc(N)c(Br)nc1-c1nnc(-c2cc(C(F)(F)F)ccn2)n1C. The Hall–Kier alpha value is -2.54. The molecule has 0 aromatic carbocycles. The van der Waals surface area contributed by atoms with E-state index in [2.05, 4.69) is 36.1 Å². The number of sulfone groups is 1. The quantitative estimate of drug-likeness (QED) is 0.558. The van der Waals surface area contributed by atoms with Gasteiger partial charge in [-0.05, 0) is 34.1 Å². The number of alkyl halides is 3. The molecule has 0 bridgehead atoms. The lowest BCUT2D eigenvalue weighted by atomic mass is 10.2. The number of hydrogen-bond acceptors (Lipinski definition) is 7. The third kappa shape index (κ3) is 3.96. The van der Waals surface area contributed by atoms with Crippen LogP contribution in [0.25, 0.3) is 23.0 Å². The van der Waals surface area contributed by atoms with Gasteiger partial charge in [0.2, 0.25) is 0 Å². The first-order valence-corrected chi connectivity index (χ1v) is 10.5. The molecule has 0 aliphatic carbocycles. The van der Waals surface area contributed by atoms with Gasteiger partial charge in [0.05, 0.1) is 21.9 Å². The number of anilines is 1. The van der Waals surface area contributed by atoms with Gasteiger partial charge in [-0.1, -0.05) is 6.92 Å². The minimum absolute atomic E-state index is 0.0145. The summed E-state index contributed by atoms with van der Waals surface area (Å²) in [5.41, 5.74) is 4.90. The summed E-state index contributed by atoms with van der Waals surface area (Å²) in [4.78, 5) is 7.94. The first-order chi connectivity index (χ1) is 13.5. The Labute approximate surface area is 172 Å². The van der Waals surface area contributed by atoms with Gasteiger partial charge in [-0.25, -0.2) is 13.4 Å². The summed E-state index contributed by atoms with van der Waals surface area (Å²) < 4.78 is 65.5. The molecule has 154 valence electrons. The van der Waals surface area contributed by atoms with Crippen molar-refractivity contribution in [2.24, 2.45) is 7.05 Å². The summed E-state index contributed by atoms with van der Waals surface area (Å²) in [5.74, 6) is -0.157. The van der Waals surface area contributed by atoms with Gasteiger partial charge >= 0.3 is 6.18 Å². The Morgan fingerprint density at radius 3 is 2.48 bits per heavy atom. The second kappa shape index (κ2) is 7.37. The second-order valence-electron chi connectivity index (χ2n) is 5.95.